The van der Waals surface area contributed by atoms with Gasteiger partial charge in [-0.05, 0) is 23.9 Å². The van der Waals surface area contributed by atoms with Crippen LogP contribution in [-0.4, -0.2) is 17.6 Å². The first-order valence-electron chi connectivity index (χ1n) is 3.69. The van der Waals surface area contributed by atoms with Gasteiger partial charge in [-0.15, -0.1) is 11.3 Å². The Balaban J connectivity index is 2.52. The van der Waals surface area contributed by atoms with E-state index in [1.807, 2.05) is 18.4 Å². The molecule has 1 aromatic heterocycles. The van der Waals surface area contributed by atoms with E-state index in [4.69, 9.17) is 5.11 Å². The lowest BCUT2D eigenvalue weighted by molar-refractivity contribution is -0.116. The quantitative estimate of drug-likeness (QED) is 0.747. The average molecular weight is 185 g/mol. The van der Waals surface area contributed by atoms with E-state index < -0.39 is 0 Å². The van der Waals surface area contributed by atoms with Gasteiger partial charge in [-0.25, -0.2) is 0 Å². The third-order valence-electron chi connectivity index (χ3n) is 1.45. The molecule has 0 bridgehead atoms. The van der Waals surface area contributed by atoms with Crippen LogP contribution in [0.2, 0.25) is 0 Å². The Labute approximate surface area is 75.0 Å². The maximum Gasteiger partial charge on any atom is 0.227 e. The molecule has 0 fully saturated rings. The van der Waals surface area contributed by atoms with E-state index in [1.165, 1.54) is 11.3 Å². The molecule has 0 aliphatic heterocycles. The smallest absolute Gasteiger partial charge is 0.227 e. The standard InChI is InChI=1S/C8H11NO2S/c1-6-3-5-12-8(6)9-7(11)2-4-10/h3,5,10H,2,4H2,1H3,(H,9,11). The van der Waals surface area contributed by atoms with Gasteiger partial charge in [0.15, 0.2) is 0 Å². The van der Waals surface area contributed by atoms with Gasteiger partial charge in [-0.1, -0.05) is 0 Å². The van der Waals surface area contributed by atoms with Crippen molar-refractivity contribution in [2.75, 3.05) is 11.9 Å². The summed E-state index contributed by atoms with van der Waals surface area (Å²) in [6.07, 6.45) is 0.164. The zero-order chi connectivity index (χ0) is 8.97. The molecule has 1 amide bonds. The number of aliphatic hydroxyl groups excluding tert-OH is 1. The van der Waals surface area contributed by atoms with Crippen molar-refractivity contribution in [1.82, 2.24) is 0 Å². The van der Waals surface area contributed by atoms with E-state index >= 15 is 0 Å². The fraction of sp³-hybridized carbons (Fsp3) is 0.375. The minimum absolute atomic E-state index is 0.101. The molecule has 1 rings (SSSR count). The molecule has 3 nitrogen and oxygen atoms in total. The molecule has 1 heterocycles. The summed E-state index contributed by atoms with van der Waals surface area (Å²) in [5.41, 5.74) is 1.06. The number of carbonyl (C=O) groups is 1. The fourth-order valence-corrected chi connectivity index (χ4v) is 1.63. The Morgan fingerprint density at radius 3 is 3.00 bits per heavy atom. The fourth-order valence-electron chi connectivity index (χ4n) is 0.791. The number of nitrogens with one attached hydrogen (secondary N) is 1. The molecule has 4 heteroatoms. The third-order valence-corrected chi connectivity index (χ3v) is 2.39. The highest BCUT2D eigenvalue weighted by molar-refractivity contribution is 7.14. The predicted molar refractivity (Wildman–Crippen MR) is 49.4 cm³/mol. The molecule has 0 unspecified atom stereocenters. The highest BCUT2D eigenvalue weighted by Gasteiger charge is 2.03. The largest absolute Gasteiger partial charge is 0.396 e. The Kier molecular flexibility index (Phi) is 3.25. The van der Waals surface area contributed by atoms with Crippen molar-refractivity contribution in [2.45, 2.75) is 13.3 Å². The number of thiophene rings is 1. The van der Waals surface area contributed by atoms with Crippen LogP contribution in [0.1, 0.15) is 12.0 Å². The van der Waals surface area contributed by atoms with Gasteiger partial charge in [0.1, 0.15) is 0 Å². The SMILES string of the molecule is Cc1ccsc1NC(=O)CCO. The van der Waals surface area contributed by atoms with E-state index in [0.29, 0.717) is 0 Å². The molecule has 12 heavy (non-hydrogen) atoms. The van der Waals surface area contributed by atoms with Gasteiger partial charge in [0, 0.05) is 0 Å². The number of rotatable bonds is 3. The van der Waals surface area contributed by atoms with Crippen LogP contribution in [0.15, 0.2) is 11.4 Å². The monoisotopic (exact) mass is 185 g/mol. The van der Waals surface area contributed by atoms with Crippen molar-refractivity contribution in [3.05, 3.63) is 17.0 Å². The molecule has 0 atom stereocenters. The minimum Gasteiger partial charge on any atom is -0.396 e. The molecule has 2 N–H and O–H groups in total. The Hall–Kier alpha value is -0.870. The number of amides is 1. The first-order chi connectivity index (χ1) is 5.74. The summed E-state index contributed by atoms with van der Waals surface area (Å²) < 4.78 is 0. The number of carbonyl (C=O) groups excluding carboxylic acids is 1. The molecule has 0 saturated carbocycles. The van der Waals surface area contributed by atoms with E-state index in [9.17, 15) is 4.79 Å². The van der Waals surface area contributed by atoms with Gasteiger partial charge in [-0.3, -0.25) is 4.79 Å². The lowest BCUT2D eigenvalue weighted by atomic mass is 10.3. The maximum atomic E-state index is 11.0. The topological polar surface area (TPSA) is 49.3 Å². The van der Waals surface area contributed by atoms with Gasteiger partial charge in [0.25, 0.3) is 0 Å². The molecule has 0 aliphatic rings. The molecule has 0 aliphatic carbocycles. The van der Waals surface area contributed by atoms with Gasteiger partial charge < -0.3 is 10.4 Å². The molecular weight excluding hydrogens is 174 g/mol. The zero-order valence-corrected chi connectivity index (χ0v) is 7.65. The molecule has 66 valence electrons. The van der Waals surface area contributed by atoms with Crippen LogP contribution < -0.4 is 5.32 Å². The second-order valence-electron chi connectivity index (χ2n) is 2.45. The highest BCUT2D eigenvalue weighted by Crippen LogP contribution is 2.21. The summed E-state index contributed by atoms with van der Waals surface area (Å²) >= 11 is 1.49. The second-order valence-corrected chi connectivity index (χ2v) is 3.37. The van der Waals surface area contributed by atoms with Crippen molar-refractivity contribution >= 4 is 22.2 Å². The zero-order valence-electron chi connectivity index (χ0n) is 6.83. The second kappa shape index (κ2) is 4.23. The third kappa shape index (κ3) is 2.32. The van der Waals surface area contributed by atoms with Crippen LogP contribution in [0.25, 0.3) is 0 Å². The van der Waals surface area contributed by atoms with E-state index in [2.05, 4.69) is 5.32 Å². The lowest BCUT2D eigenvalue weighted by Gasteiger charge is -2.01. The van der Waals surface area contributed by atoms with E-state index in [0.717, 1.165) is 10.6 Å². The van der Waals surface area contributed by atoms with Crippen molar-refractivity contribution in [2.24, 2.45) is 0 Å². The number of anilines is 1. The first kappa shape index (κ1) is 9.22. The summed E-state index contributed by atoms with van der Waals surface area (Å²) in [5, 5.41) is 14.0. The molecular formula is C8H11NO2S. The molecule has 0 aromatic carbocycles. The van der Waals surface area contributed by atoms with E-state index in [-0.39, 0.29) is 18.9 Å². The van der Waals surface area contributed by atoms with Crippen molar-refractivity contribution in [3.8, 4) is 0 Å². The number of aliphatic hydroxyl groups is 1. The number of aryl methyl sites for hydroxylation is 1. The van der Waals surface area contributed by atoms with Crippen LogP contribution >= 0.6 is 11.3 Å². The molecule has 0 spiro atoms. The Bertz CT molecular complexity index is 270. The highest BCUT2D eigenvalue weighted by atomic mass is 32.1. The van der Waals surface area contributed by atoms with E-state index in [1.54, 1.807) is 0 Å². The Morgan fingerprint density at radius 2 is 2.50 bits per heavy atom. The molecule has 1 aromatic rings. The van der Waals surface area contributed by atoms with Crippen molar-refractivity contribution in [1.29, 1.82) is 0 Å². The summed E-state index contributed by atoms with van der Waals surface area (Å²) in [6, 6.07) is 1.94. The predicted octanol–water partition coefficient (Wildman–Crippen LogP) is 1.38. The van der Waals surface area contributed by atoms with Crippen LogP contribution in [0.3, 0.4) is 0 Å². The molecule has 0 saturated heterocycles. The summed E-state index contributed by atoms with van der Waals surface area (Å²) in [6.45, 7) is 1.83. The number of hydrogen-bond acceptors (Lipinski definition) is 3. The maximum absolute atomic E-state index is 11.0. The normalized spacial score (nSPS) is 9.83. The van der Waals surface area contributed by atoms with Crippen molar-refractivity contribution < 1.29 is 9.90 Å². The number of hydrogen-bond donors (Lipinski definition) is 2. The van der Waals surface area contributed by atoms with Gasteiger partial charge >= 0.3 is 0 Å². The van der Waals surface area contributed by atoms with Crippen molar-refractivity contribution in [3.63, 3.8) is 0 Å². The van der Waals surface area contributed by atoms with Gasteiger partial charge in [-0.2, -0.15) is 0 Å². The van der Waals surface area contributed by atoms with Gasteiger partial charge in [0.2, 0.25) is 5.91 Å². The summed E-state index contributed by atoms with van der Waals surface area (Å²) in [7, 11) is 0. The lowest BCUT2D eigenvalue weighted by Crippen LogP contribution is -2.12. The van der Waals surface area contributed by atoms with Crippen LogP contribution in [0.4, 0.5) is 5.00 Å². The first-order valence-corrected chi connectivity index (χ1v) is 4.57. The average Bonchev–Trinajstić information content (AvgIpc) is 2.37. The Morgan fingerprint density at radius 1 is 1.75 bits per heavy atom. The van der Waals surface area contributed by atoms with Gasteiger partial charge in [0.05, 0.1) is 18.0 Å². The summed E-state index contributed by atoms with van der Waals surface area (Å²) in [4.78, 5) is 11.0. The minimum atomic E-state index is -0.136. The summed E-state index contributed by atoms with van der Waals surface area (Å²) in [5.74, 6) is -0.136. The van der Waals surface area contributed by atoms with Crippen LogP contribution in [0, 0.1) is 6.92 Å². The van der Waals surface area contributed by atoms with Crippen LogP contribution in [-0.2, 0) is 4.79 Å². The van der Waals surface area contributed by atoms with Crippen LogP contribution in [0.5, 0.6) is 0 Å². The molecule has 0 radical (unpaired) electrons.